The summed E-state index contributed by atoms with van der Waals surface area (Å²) in [6, 6.07) is 20.6. The van der Waals surface area contributed by atoms with Crippen molar-refractivity contribution >= 4 is 34.2 Å². The lowest BCUT2D eigenvalue weighted by molar-refractivity contribution is 0.101. The molecule has 0 saturated heterocycles. The summed E-state index contributed by atoms with van der Waals surface area (Å²) in [5.74, 6) is 1.59. The Kier molecular flexibility index (Phi) is 6.13. The van der Waals surface area contributed by atoms with Gasteiger partial charge >= 0.3 is 0 Å². The molecule has 2 aromatic heterocycles. The third-order valence-corrected chi connectivity index (χ3v) is 6.94. The SMILES string of the molecule is CC(=O)c1ccccc1OCCSc1nnc2n(-c3cccc(C)c3C)c(=O)c3ccccc3n12. The number of aromatic nitrogens is 4. The molecular formula is C27H24N4O3S. The number of carbonyl (C=O) groups is 1. The van der Waals surface area contributed by atoms with Gasteiger partial charge in [0.05, 0.1) is 28.8 Å². The normalized spacial score (nSPS) is 11.3. The first-order valence-electron chi connectivity index (χ1n) is 11.3. The van der Waals surface area contributed by atoms with Crippen molar-refractivity contribution in [2.75, 3.05) is 12.4 Å². The Morgan fingerprint density at radius 2 is 1.74 bits per heavy atom. The fourth-order valence-corrected chi connectivity index (χ4v) is 4.89. The molecule has 0 radical (unpaired) electrons. The fourth-order valence-electron chi connectivity index (χ4n) is 4.14. The van der Waals surface area contributed by atoms with E-state index in [1.807, 2.05) is 72.8 Å². The maximum atomic E-state index is 13.5. The van der Waals surface area contributed by atoms with Gasteiger partial charge in [0.1, 0.15) is 5.75 Å². The number of ketones is 1. The van der Waals surface area contributed by atoms with E-state index in [1.165, 1.54) is 18.7 Å². The number of benzene rings is 3. The predicted octanol–water partition coefficient (Wildman–Crippen LogP) is 5.02. The van der Waals surface area contributed by atoms with Crippen molar-refractivity contribution in [3.05, 3.63) is 93.8 Å². The molecule has 2 heterocycles. The van der Waals surface area contributed by atoms with Gasteiger partial charge in [0, 0.05) is 5.75 Å². The van der Waals surface area contributed by atoms with E-state index in [0.29, 0.717) is 40.0 Å². The minimum Gasteiger partial charge on any atom is -0.492 e. The maximum Gasteiger partial charge on any atom is 0.267 e. The highest BCUT2D eigenvalue weighted by molar-refractivity contribution is 7.99. The molecule has 35 heavy (non-hydrogen) atoms. The maximum absolute atomic E-state index is 13.5. The van der Waals surface area contributed by atoms with Crippen molar-refractivity contribution in [3.63, 3.8) is 0 Å². The largest absolute Gasteiger partial charge is 0.492 e. The van der Waals surface area contributed by atoms with Crippen molar-refractivity contribution in [1.82, 2.24) is 19.2 Å². The summed E-state index contributed by atoms with van der Waals surface area (Å²) in [5.41, 5.74) is 4.09. The molecular weight excluding hydrogens is 460 g/mol. The average molecular weight is 485 g/mol. The van der Waals surface area contributed by atoms with Crippen LogP contribution >= 0.6 is 11.8 Å². The summed E-state index contributed by atoms with van der Waals surface area (Å²) < 4.78 is 9.45. The lowest BCUT2D eigenvalue weighted by Crippen LogP contribution is -2.22. The summed E-state index contributed by atoms with van der Waals surface area (Å²) in [4.78, 5) is 25.4. The van der Waals surface area contributed by atoms with Gasteiger partial charge in [-0.25, -0.2) is 4.57 Å². The zero-order chi connectivity index (χ0) is 24.5. The smallest absolute Gasteiger partial charge is 0.267 e. The number of para-hydroxylation sites is 2. The second-order valence-electron chi connectivity index (χ2n) is 8.24. The Morgan fingerprint density at radius 1 is 0.971 bits per heavy atom. The first kappa shape index (κ1) is 22.9. The number of rotatable bonds is 7. The summed E-state index contributed by atoms with van der Waals surface area (Å²) in [6.07, 6.45) is 0. The number of hydrogen-bond acceptors (Lipinski definition) is 6. The molecule has 7 nitrogen and oxygen atoms in total. The predicted molar refractivity (Wildman–Crippen MR) is 138 cm³/mol. The highest BCUT2D eigenvalue weighted by Crippen LogP contribution is 2.25. The summed E-state index contributed by atoms with van der Waals surface area (Å²) in [5, 5.41) is 10.1. The Balaban J connectivity index is 1.53. The number of fused-ring (bicyclic) bond motifs is 3. The Bertz CT molecular complexity index is 1640. The van der Waals surface area contributed by atoms with Gasteiger partial charge in [-0.05, 0) is 62.2 Å². The zero-order valence-electron chi connectivity index (χ0n) is 19.7. The number of carbonyl (C=O) groups excluding carboxylic acids is 1. The van der Waals surface area contributed by atoms with E-state index in [2.05, 4.69) is 10.2 Å². The van der Waals surface area contributed by atoms with Crippen LogP contribution in [0.5, 0.6) is 5.75 Å². The van der Waals surface area contributed by atoms with E-state index in [4.69, 9.17) is 4.74 Å². The fraction of sp³-hybridized carbons (Fsp3) is 0.185. The van der Waals surface area contributed by atoms with Crippen molar-refractivity contribution in [3.8, 4) is 11.4 Å². The number of aryl methyl sites for hydroxylation is 1. The third-order valence-electron chi connectivity index (χ3n) is 6.05. The van der Waals surface area contributed by atoms with E-state index in [1.54, 1.807) is 16.7 Å². The molecule has 0 spiro atoms. The Morgan fingerprint density at radius 3 is 2.57 bits per heavy atom. The van der Waals surface area contributed by atoms with Crippen LogP contribution in [0.3, 0.4) is 0 Å². The molecule has 0 N–H and O–H groups in total. The van der Waals surface area contributed by atoms with E-state index >= 15 is 0 Å². The summed E-state index contributed by atoms with van der Waals surface area (Å²) >= 11 is 1.49. The Labute approximate surface area is 206 Å². The highest BCUT2D eigenvalue weighted by Gasteiger charge is 2.19. The van der Waals surface area contributed by atoms with Gasteiger partial charge in [0.15, 0.2) is 10.9 Å². The van der Waals surface area contributed by atoms with Crippen LogP contribution in [0.15, 0.2) is 76.7 Å². The summed E-state index contributed by atoms with van der Waals surface area (Å²) in [7, 11) is 0. The molecule has 0 fully saturated rings. The molecule has 0 aliphatic heterocycles. The van der Waals surface area contributed by atoms with E-state index in [9.17, 15) is 9.59 Å². The van der Waals surface area contributed by atoms with Crippen LogP contribution < -0.4 is 10.3 Å². The van der Waals surface area contributed by atoms with Crippen LogP contribution in [0.2, 0.25) is 0 Å². The molecule has 176 valence electrons. The lowest BCUT2D eigenvalue weighted by atomic mass is 10.1. The topological polar surface area (TPSA) is 78.5 Å². The molecule has 0 saturated carbocycles. The van der Waals surface area contributed by atoms with E-state index in [0.717, 1.165) is 22.3 Å². The minimum atomic E-state index is -0.130. The van der Waals surface area contributed by atoms with Gasteiger partial charge in [0.25, 0.3) is 5.56 Å². The number of Topliss-reactive ketones (excluding diaryl/α,β-unsaturated/α-hetero) is 1. The first-order valence-corrected chi connectivity index (χ1v) is 12.3. The van der Waals surface area contributed by atoms with Gasteiger partial charge in [-0.2, -0.15) is 0 Å². The molecule has 0 unspecified atom stereocenters. The van der Waals surface area contributed by atoms with Crippen molar-refractivity contribution < 1.29 is 9.53 Å². The zero-order valence-corrected chi connectivity index (χ0v) is 20.5. The number of nitrogens with zero attached hydrogens (tertiary/aromatic N) is 4. The highest BCUT2D eigenvalue weighted by atomic mass is 32.2. The van der Waals surface area contributed by atoms with E-state index < -0.39 is 0 Å². The van der Waals surface area contributed by atoms with Crippen molar-refractivity contribution in [2.45, 2.75) is 25.9 Å². The van der Waals surface area contributed by atoms with Crippen molar-refractivity contribution in [2.24, 2.45) is 0 Å². The van der Waals surface area contributed by atoms with Gasteiger partial charge < -0.3 is 4.74 Å². The van der Waals surface area contributed by atoms with E-state index in [-0.39, 0.29) is 11.3 Å². The van der Waals surface area contributed by atoms with Gasteiger partial charge in [-0.1, -0.05) is 48.2 Å². The third kappa shape index (κ3) is 4.10. The van der Waals surface area contributed by atoms with Crippen LogP contribution in [0.25, 0.3) is 22.4 Å². The minimum absolute atomic E-state index is 0.0346. The summed E-state index contributed by atoms with van der Waals surface area (Å²) in [6.45, 7) is 5.95. The second-order valence-corrected chi connectivity index (χ2v) is 9.31. The number of hydrogen-bond donors (Lipinski definition) is 0. The van der Waals surface area contributed by atoms with Gasteiger partial charge in [0.2, 0.25) is 5.78 Å². The van der Waals surface area contributed by atoms with Crippen LogP contribution in [-0.4, -0.2) is 37.3 Å². The van der Waals surface area contributed by atoms with Crippen molar-refractivity contribution in [1.29, 1.82) is 0 Å². The molecule has 0 aliphatic rings. The van der Waals surface area contributed by atoms with Crippen LogP contribution in [0, 0.1) is 13.8 Å². The molecule has 0 atom stereocenters. The van der Waals surface area contributed by atoms with Crippen LogP contribution in [-0.2, 0) is 0 Å². The molecule has 0 bridgehead atoms. The molecule has 8 heteroatoms. The van der Waals surface area contributed by atoms with Crippen LogP contribution in [0.1, 0.15) is 28.4 Å². The molecule has 5 rings (SSSR count). The molecule has 0 amide bonds. The standard InChI is InChI=1S/C27H24N4O3S/c1-17-9-8-13-22(18(17)2)30-25(33)21-11-4-6-12-23(21)31-26(30)28-29-27(31)35-16-15-34-24-14-7-5-10-20(24)19(3)32/h4-14H,15-16H2,1-3H3. The first-order chi connectivity index (χ1) is 17.0. The molecule has 0 aliphatic carbocycles. The monoisotopic (exact) mass is 484 g/mol. The number of thioether (sulfide) groups is 1. The Hall–Kier alpha value is -3.91. The quantitative estimate of drug-likeness (QED) is 0.183. The second kappa shape index (κ2) is 9.38. The number of ether oxygens (including phenoxy) is 1. The van der Waals surface area contributed by atoms with Crippen LogP contribution in [0.4, 0.5) is 0 Å². The lowest BCUT2D eigenvalue weighted by Gasteiger charge is -2.14. The molecule has 3 aromatic carbocycles. The average Bonchev–Trinajstić information content (AvgIpc) is 3.28. The van der Waals surface area contributed by atoms with Gasteiger partial charge in [-0.3, -0.25) is 14.0 Å². The molecule has 5 aromatic rings. The van der Waals surface area contributed by atoms with Gasteiger partial charge in [-0.15, -0.1) is 10.2 Å².